The molecule has 1 aliphatic rings. The minimum atomic E-state index is -0.305. The van der Waals surface area contributed by atoms with Gasteiger partial charge >= 0.3 is 0 Å². The standard InChI is InChI=1S/C22H28N4O4/c1-15-16(22(28)25-17-8-4-5-10-19(17)30-3)14-23-21(24-15)18-9-6-7-12-26(18)20(27)11-13-29-2/h4-5,8,10,14,18H,6-7,9,11-13H2,1-3H3,(H,25,28). The SMILES string of the molecule is COCCC(=O)N1CCCCC1c1ncc(C(=O)Nc2ccccc2OC)c(C)n1. The number of carbonyl (C=O) groups excluding carboxylic acids is 2. The molecule has 1 N–H and O–H groups in total. The van der Waals surface area contributed by atoms with Gasteiger partial charge in [-0.2, -0.15) is 0 Å². The zero-order valence-electron chi connectivity index (χ0n) is 17.7. The van der Waals surface area contributed by atoms with Crippen LogP contribution in [-0.2, 0) is 9.53 Å². The van der Waals surface area contributed by atoms with Gasteiger partial charge in [-0.15, -0.1) is 0 Å². The summed E-state index contributed by atoms with van der Waals surface area (Å²) in [7, 11) is 3.14. The number of ether oxygens (including phenoxy) is 2. The van der Waals surface area contributed by atoms with Crippen molar-refractivity contribution < 1.29 is 19.1 Å². The number of piperidine rings is 1. The van der Waals surface area contributed by atoms with E-state index in [9.17, 15) is 9.59 Å². The highest BCUT2D eigenvalue weighted by molar-refractivity contribution is 6.05. The second-order valence-electron chi connectivity index (χ2n) is 7.22. The van der Waals surface area contributed by atoms with Gasteiger partial charge in [0.05, 0.1) is 43.1 Å². The first-order valence-electron chi connectivity index (χ1n) is 10.1. The van der Waals surface area contributed by atoms with Crippen LogP contribution in [0.25, 0.3) is 0 Å². The quantitative estimate of drug-likeness (QED) is 0.751. The summed E-state index contributed by atoms with van der Waals surface area (Å²) >= 11 is 0. The molecule has 30 heavy (non-hydrogen) atoms. The molecule has 0 bridgehead atoms. The van der Waals surface area contributed by atoms with Gasteiger partial charge in [0.1, 0.15) is 5.75 Å². The van der Waals surface area contributed by atoms with Crippen LogP contribution < -0.4 is 10.1 Å². The van der Waals surface area contributed by atoms with E-state index in [0.29, 0.717) is 48.1 Å². The summed E-state index contributed by atoms with van der Waals surface area (Å²) in [5.41, 5.74) is 1.54. The minimum Gasteiger partial charge on any atom is -0.495 e. The fraction of sp³-hybridized carbons (Fsp3) is 0.455. The zero-order chi connectivity index (χ0) is 21.5. The number of nitrogens with one attached hydrogen (secondary N) is 1. The molecule has 1 aromatic heterocycles. The van der Waals surface area contributed by atoms with Crippen molar-refractivity contribution in [3.63, 3.8) is 0 Å². The average molecular weight is 412 g/mol. The topological polar surface area (TPSA) is 93.7 Å². The Morgan fingerprint density at radius 2 is 2.03 bits per heavy atom. The Kier molecular flexibility index (Phi) is 7.35. The van der Waals surface area contributed by atoms with Crippen LogP contribution in [0.2, 0.25) is 0 Å². The Balaban J connectivity index is 1.78. The molecule has 1 atom stereocenters. The number of methoxy groups -OCH3 is 2. The molecule has 0 aliphatic carbocycles. The van der Waals surface area contributed by atoms with E-state index in [1.807, 2.05) is 17.0 Å². The fourth-order valence-corrected chi connectivity index (χ4v) is 3.64. The number of para-hydroxylation sites is 2. The summed E-state index contributed by atoms with van der Waals surface area (Å²) in [6, 6.07) is 7.03. The predicted octanol–water partition coefficient (Wildman–Crippen LogP) is 3.14. The highest BCUT2D eigenvalue weighted by Gasteiger charge is 2.30. The highest BCUT2D eigenvalue weighted by Crippen LogP contribution is 2.30. The van der Waals surface area contributed by atoms with E-state index in [1.165, 1.54) is 6.20 Å². The lowest BCUT2D eigenvalue weighted by Crippen LogP contribution is -2.39. The molecule has 2 amide bonds. The second kappa shape index (κ2) is 10.2. The monoisotopic (exact) mass is 412 g/mol. The number of aryl methyl sites for hydroxylation is 1. The van der Waals surface area contributed by atoms with Crippen LogP contribution >= 0.6 is 0 Å². The fourth-order valence-electron chi connectivity index (χ4n) is 3.64. The summed E-state index contributed by atoms with van der Waals surface area (Å²) in [6.45, 7) is 2.86. The van der Waals surface area contributed by atoms with Crippen molar-refractivity contribution in [2.24, 2.45) is 0 Å². The Morgan fingerprint density at radius 3 is 2.77 bits per heavy atom. The van der Waals surface area contributed by atoms with E-state index in [0.717, 1.165) is 19.3 Å². The van der Waals surface area contributed by atoms with Gasteiger partial charge in [-0.3, -0.25) is 9.59 Å². The summed E-state index contributed by atoms with van der Waals surface area (Å²) < 4.78 is 10.3. The van der Waals surface area contributed by atoms with Crippen molar-refractivity contribution >= 4 is 17.5 Å². The van der Waals surface area contributed by atoms with Gasteiger partial charge in [-0.05, 0) is 38.3 Å². The first-order chi connectivity index (χ1) is 14.5. The molecule has 1 aliphatic heterocycles. The van der Waals surface area contributed by atoms with Crippen LogP contribution in [0.5, 0.6) is 5.75 Å². The van der Waals surface area contributed by atoms with Crippen LogP contribution in [0, 0.1) is 6.92 Å². The van der Waals surface area contributed by atoms with Crippen molar-refractivity contribution in [2.75, 3.05) is 32.7 Å². The van der Waals surface area contributed by atoms with Crippen molar-refractivity contribution in [1.82, 2.24) is 14.9 Å². The number of carbonyl (C=O) groups is 2. The van der Waals surface area contributed by atoms with Crippen LogP contribution in [0.1, 0.15) is 53.6 Å². The molecule has 160 valence electrons. The molecule has 0 saturated carbocycles. The summed E-state index contributed by atoms with van der Waals surface area (Å²) in [5.74, 6) is 0.890. The lowest BCUT2D eigenvalue weighted by molar-refractivity contribution is -0.136. The van der Waals surface area contributed by atoms with E-state index in [1.54, 1.807) is 33.3 Å². The molecule has 2 heterocycles. The number of likely N-dealkylation sites (tertiary alicyclic amines) is 1. The minimum absolute atomic E-state index is 0.0424. The molecule has 8 heteroatoms. The molecule has 1 fully saturated rings. The van der Waals surface area contributed by atoms with Gasteiger partial charge in [-0.25, -0.2) is 9.97 Å². The van der Waals surface area contributed by atoms with Gasteiger partial charge in [-0.1, -0.05) is 12.1 Å². The van der Waals surface area contributed by atoms with Crippen molar-refractivity contribution in [3.05, 3.63) is 47.5 Å². The molecular weight excluding hydrogens is 384 g/mol. The van der Waals surface area contributed by atoms with Crippen molar-refractivity contribution in [2.45, 2.75) is 38.6 Å². The van der Waals surface area contributed by atoms with Gasteiger partial charge in [0, 0.05) is 19.9 Å². The van der Waals surface area contributed by atoms with Crippen LogP contribution in [0.4, 0.5) is 5.69 Å². The number of amides is 2. The molecule has 3 rings (SSSR count). The van der Waals surface area contributed by atoms with Crippen molar-refractivity contribution in [1.29, 1.82) is 0 Å². The van der Waals surface area contributed by atoms with E-state index < -0.39 is 0 Å². The Hall–Kier alpha value is -3.00. The number of hydrogen-bond acceptors (Lipinski definition) is 6. The number of hydrogen-bond donors (Lipinski definition) is 1. The molecule has 8 nitrogen and oxygen atoms in total. The van der Waals surface area contributed by atoms with Gasteiger partial charge in [0.15, 0.2) is 5.82 Å². The molecule has 0 radical (unpaired) electrons. The van der Waals surface area contributed by atoms with Crippen LogP contribution in [-0.4, -0.2) is 54.1 Å². The summed E-state index contributed by atoms with van der Waals surface area (Å²) in [6.07, 6.45) is 4.66. The van der Waals surface area contributed by atoms with Gasteiger partial charge in [0.2, 0.25) is 5.91 Å². The van der Waals surface area contributed by atoms with E-state index in [-0.39, 0.29) is 17.9 Å². The number of anilines is 1. The maximum atomic E-state index is 12.8. The molecule has 0 spiro atoms. The molecule has 1 saturated heterocycles. The van der Waals surface area contributed by atoms with Gasteiger partial charge < -0.3 is 19.7 Å². The highest BCUT2D eigenvalue weighted by atomic mass is 16.5. The number of nitrogens with zero attached hydrogens (tertiary/aromatic N) is 3. The zero-order valence-corrected chi connectivity index (χ0v) is 17.7. The maximum Gasteiger partial charge on any atom is 0.259 e. The molecular formula is C22H28N4O4. The third kappa shape index (κ3) is 4.94. The van der Waals surface area contributed by atoms with Crippen LogP contribution in [0.3, 0.4) is 0 Å². The smallest absolute Gasteiger partial charge is 0.259 e. The van der Waals surface area contributed by atoms with E-state index in [4.69, 9.17) is 9.47 Å². The normalized spacial score (nSPS) is 16.2. The van der Waals surface area contributed by atoms with E-state index >= 15 is 0 Å². The molecule has 1 aromatic carbocycles. The van der Waals surface area contributed by atoms with Crippen LogP contribution in [0.15, 0.2) is 30.5 Å². The third-order valence-corrected chi connectivity index (χ3v) is 5.24. The molecule has 1 unspecified atom stereocenters. The first-order valence-corrected chi connectivity index (χ1v) is 10.1. The Morgan fingerprint density at radius 1 is 1.23 bits per heavy atom. The Bertz CT molecular complexity index is 902. The largest absolute Gasteiger partial charge is 0.495 e. The lowest BCUT2D eigenvalue weighted by atomic mass is 10.0. The maximum absolute atomic E-state index is 12.8. The first kappa shape index (κ1) is 21.7. The predicted molar refractivity (Wildman–Crippen MR) is 113 cm³/mol. The number of rotatable bonds is 7. The lowest BCUT2D eigenvalue weighted by Gasteiger charge is -2.35. The van der Waals surface area contributed by atoms with Gasteiger partial charge in [0.25, 0.3) is 5.91 Å². The second-order valence-corrected chi connectivity index (χ2v) is 7.22. The average Bonchev–Trinajstić information content (AvgIpc) is 2.77. The number of aromatic nitrogens is 2. The summed E-state index contributed by atoms with van der Waals surface area (Å²) in [4.78, 5) is 36.2. The summed E-state index contributed by atoms with van der Waals surface area (Å²) in [5, 5.41) is 2.85. The number of benzene rings is 1. The molecule has 2 aromatic rings. The van der Waals surface area contributed by atoms with E-state index in [2.05, 4.69) is 15.3 Å². The van der Waals surface area contributed by atoms with Crippen molar-refractivity contribution in [3.8, 4) is 5.75 Å². The Labute approximate surface area is 176 Å². The third-order valence-electron chi connectivity index (χ3n) is 5.24.